The zero-order valence-electron chi connectivity index (χ0n) is 9.86. The van der Waals surface area contributed by atoms with Crippen LogP contribution in [0.4, 0.5) is 0 Å². The molecule has 0 nitrogen and oxygen atoms in total. The standard InChI is InChI=1S/C12H19BrS/c1-11(2,3)8-7-14-10(13)9(8)12(4,5)6/h7H,1-6H3. The van der Waals surface area contributed by atoms with Crippen molar-refractivity contribution in [3.63, 3.8) is 0 Å². The molecule has 0 bridgehead atoms. The Bertz CT molecular complexity index is 323. The first-order chi connectivity index (χ1) is 6.14. The highest BCUT2D eigenvalue weighted by atomic mass is 79.9. The monoisotopic (exact) mass is 274 g/mol. The molecule has 1 aromatic rings. The van der Waals surface area contributed by atoms with E-state index in [9.17, 15) is 0 Å². The Morgan fingerprint density at radius 1 is 1.00 bits per heavy atom. The van der Waals surface area contributed by atoms with Gasteiger partial charge >= 0.3 is 0 Å². The van der Waals surface area contributed by atoms with Crippen molar-refractivity contribution in [2.75, 3.05) is 0 Å². The lowest BCUT2D eigenvalue weighted by Crippen LogP contribution is -2.20. The van der Waals surface area contributed by atoms with Crippen LogP contribution in [0, 0.1) is 0 Å². The van der Waals surface area contributed by atoms with Gasteiger partial charge in [-0.3, -0.25) is 0 Å². The Balaban J connectivity index is 3.35. The van der Waals surface area contributed by atoms with Gasteiger partial charge in [-0.1, -0.05) is 41.5 Å². The second-order valence-electron chi connectivity index (χ2n) is 5.80. The van der Waals surface area contributed by atoms with Gasteiger partial charge in [-0.25, -0.2) is 0 Å². The highest BCUT2D eigenvalue weighted by molar-refractivity contribution is 9.11. The van der Waals surface area contributed by atoms with Crippen LogP contribution in [0.25, 0.3) is 0 Å². The number of rotatable bonds is 0. The minimum absolute atomic E-state index is 0.224. The smallest absolute Gasteiger partial charge is 0.0738 e. The molecule has 0 atom stereocenters. The molecule has 1 aromatic heterocycles. The van der Waals surface area contributed by atoms with Gasteiger partial charge in [0, 0.05) is 0 Å². The lowest BCUT2D eigenvalue weighted by Gasteiger charge is -2.27. The van der Waals surface area contributed by atoms with Crippen LogP contribution >= 0.6 is 27.3 Å². The zero-order valence-corrected chi connectivity index (χ0v) is 12.3. The molecular weight excluding hydrogens is 256 g/mol. The lowest BCUT2D eigenvalue weighted by atomic mass is 9.78. The van der Waals surface area contributed by atoms with Crippen molar-refractivity contribution in [2.45, 2.75) is 52.4 Å². The van der Waals surface area contributed by atoms with Crippen molar-refractivity contribution < 1.29 is 0 Å². The summed E-state index contributed by atoms with van der Waals surface area (Å²) in [7, 11) is 0. The average Bonchev–Trinajstić information content (AvgIpc) is 2.27. The van der Waals surface area contributed by atoms with E-state index in [1.807, 2.05) is 0 Å². The predicted molar refractivity (Wildman–Crippen MR) is 69.4 cm³/mol. The number of thiophene rings is 1. The quantitative estimate of drug-likeness (QED) is 0.617. The van der Waals surface area contributed by atoms with E-state index in [0.29, 0.717) is 0 Å². The summed E-state index contributed by atoms with van der Waals surface area (Å²) in [6.07, 6.45) is 0. The maximum absolute atomic E-state index is 3.66. The highest BCUT2D eigenvalue weighted by Crippen LogP contribution is 2.42. The molecule has 0 N–H and O–H groups in total. The Kier molecular flexibility index (Phi) is 3.18. The molecule has 1 rings (SSSR count). The molecule has 14 heavy (non-hydrogen) atoms. The van der Waals surface area contributed by atoms with Gasteiger partial charge in [-0.05, 0) is 43.3 Å². The topological polar surface area (TPSA) is 0 Å². The van der Waals surface area contributed by atoms with Crippen LogP contribution < -0.4 is 0 Å². The van der Waals surface area contributed by atoms with E-state index in [-0.39, 0.29) is 10.8 Å². The van der Waals surface area contributed by atoms with Crippen molar-refractivity contribution in [2.24, 2.45) is 0 Å². The molecule has 0 aromatic carbocycles. The maximum Gasteiger partial charge on any atom is 0.0738 e. The van der Waals surface area contributed by atoms with Crippen LogP contribution in [0.5, 0.6) is 0 Å². The van der Waals surface area contributed by atoms with Gasteiger partial charge in [0.1, 0.15) is 0 Å². The minimum Gasteiger partial charge on any atom is -0.136 e. The fourth-order valence-electron chi connectivity index (χ4n) is 1.59. The lowest BCUT2D eigenvalue weighted by molar-refractivity contribution is 0.532. The first kappa shape index (κ1) is 12.3. The van der Waals surface area contributed by atoms with Crippen molar-refractivity contribution >= 4 is 27.3 Å². The Morgan fingerprint density at radius 3 is 1.79 bits per heavy atom. The molecule has 0 unspecified atom stereocenters. The fraction of sp³-hybridized carbons (Fsp3) is 0.667. The van der Waals surface area contributed by atoms with Gasteiger partial charge in [0.25, 0.3) is 0 Å². The molecule has 0 aliphatic rings. The van der Waals surface area contributed by atoms with Crippen LogP contribution in [0.2, 0.25) is 0 Å². The molecule has 1 heterocycles. The van der Waals surface area contributed by atoms with Crippen LogP contribution in [-0.2, 0) is 10.8 Å². The summed E-state index contributed by atoms with van der Waals surface area (Å²) in [5.74, 6) is 0. The van der Waals surface area contributed by atoms with Crippen molar-refractivity contribution in [3.8, 4) is 0 Å². The molecule has 0 aliphatic heterocycles. The molecular formula is C12H19BrS. The van der Waals surface area contributed by atoms with E-state index < -0.39 is 0 Å². The second kappa shape index (κ2) is 3.64. The third kappa shape index (κ3) is 2.40. The average molecular weight is 275 g/mol. The molecule has 0 radical (unpaired) electrons. The van der Waals surface area contributed by atoms with Crippen LogP contribution in [0.1, 0.15) is 52.7 Å². The van der Waals surface area contributed by atoms with Gasteiger partial charge in [-0.15, -0.1) is 11.3 Å². The predicted octanol–water partition coefficient (Wildman–Crippen LogP) is 5.11. The van der Waals surface area contributed by atoms with Crippen molar-refractivity contribution in [1.82, 2.24) is 0 Å². The van der Waals surface area contributed by atoms with E-state index in [1.165, 1.54) is 14.9 Å². The van der Waals surface area contributed by atoms with E-state index in [2.05, 4.69) is 62.9 Å². The van der Waals surface area contributed by atoms with Gasteiger partial charge in [0.05, 0.1) is 3.79 Å². The van der Waals surface area contributed by atoms with Gasteiger partial charge < -0.3 is 0 Å². The Labute approximate surface area is 99.9 Å². The molecule has 2 heteroatoms. The molecule has 0 amide bonds. The number of halogens is 1. The zero-order chi connectivity index (χ0) is 11.1. The summed E-state index contributed by atoms with van der Waals surface area (Å²) in [6.45, 7) is 13.6. The molecule has 0 aliphatic carbocycles. The van der Waals surface area contributed by atoms with Crippen molar-refractivity contribution in [1.29, 1.82) is 0 Å². The summed E-state index contributed by atoms with van der Waals surface area (Å²) < 4.78 is 1.29. The van der Waals surface area contributed by atoms with Gasteiger partial charge in [0.15, 0.2) is 0 Å². The number of hydrogen-bond acceptors (Lipinski definition) is 1. The Hall–Kier alpha value is 0.180. The largest absolute Gasteiger partial charge is 0.136 e. The first-order valence-corrected chi connectivity index (χ1v) is 6.59. The first-order valence-electron chi connectivity index (χ1n) is 4.92. The SMILES string of the molecule is CC(C)(C)c1csc(Br)c1C(C)(C)C. The van der Waals surface area contributed by atoms with E-state index in [1.54, 1.807) is 11.3 Å². The summed E-state index contributed by atoms with van der Waals surface area (Å²) in [4.78, 5) is 0. The summed E-state index contributed by atoms with van der Waals surface area (Å²) in [5, 5.41) is 2.28. The van der Waals surface area contributed by atoms with Gasteiger partial charge in [-0.2, -0.15) is 0 Å². The van der Waals surface area contributed by atoms with Gasteiger partial charge in [0.2, 0.25) is 0 Å². The third-order valence-electron chi connectivity index (χ3n) is 2.30. The third-order valence-corrected chi connectivity index (χ3v) is 4.03. The number of hydrogen-bond donors (Lipinski definition) is 0. The normalized spacial score (nSPS) is 13.4. The fourth-order valence-corrected chi connectivity index (χ4v) is 3.90. The summed E-state index contributed by atoms with van der Waals surface area (Å²) in [5.41, 5.74) is 3.41. The van der Waals surface area contributed by atoms with E-state index >= 15 is 0 Å². The Morgan fingerprint density at radius 2 is 1.50 bits per heavy atom. The minimum atomic E-state index is 0.224. The van der Waals surface area contributed by atoms with Crippen LogP contribution in [-0.4, -0.2) is 0 Å². The molecule has 0 fully saturated rings. The molecule has 0 saturated heterocycles. The molecule has 0 saturated carbocycles. The molecule has 80 valence electrons. The van der Waals surface area contributed by atoms with Crippen molar-refractivity contribution in [3.05, 3.63) is 20.3 Å². The summed E-state index contributed by atoms with van der Waals surface area (Å²) in [6, 6.07) is 0. The highest BCUT2D eigenvalue weighted by Gasteiger charge is 2.28. The second-order valence-corrected chi connectivity index (χ2v) is 8.00. The summed E-state index contributed by atoms with van der Waals surface area (Å²) >= 11 is 5.47. The van der Waals surface area contributed by atoms with E-state index in [0.717, 1.165) is 0 Å². The van der Waals surface area contributed by atoms with E-state index in [4.69, 9.17) is 0 Å². The van der Waals surface area contributed by atoms with Crippen LogP contribution in [0.3, 0.4) is 0 Å². The van der Waals surface area contributed by atoms with Crippen LogP contribution in [0.15, 0.2) is 9.17 Å². The molecule has 0 spiro atoms. The maximum atomic E-state index is 3.66.